The molecule has 19 heavy (non-hydrogen) atoms. The van der Waals surface area contributed by atoms with Gasteiger partial charge in [-0.3, -0.25) is 0 Å². The van der Waals surface area contributed by atoms with Crippen LogP contribution in [0.4, 0.5) is 0 Å². The Hall–Kier alpha value is -0.280. The van der Waals surface area contributed by atoms with Crippen LogP contribution in [-0.2, 0) is 4.74 Å². The van der Waals surface area contributed by atoms with Gasteiger partial charge in [-0.25, -0.2) is 0 Å². The van der Waals surface area contributed by atoms with Crippen LogP contribution in [0.15, 0.2) is 18.2 Å². The second-order valence-corrected chi connectivity index (χ2v) is 5.98. The SMILES string of the molecule is CCCNC(c1ccc(Cl)c(Cl)c1)C1CCC(C)O1. The number of hydrogen-bond acceptors (Lipinski definition) is 2. The molecule has 0 saturated carbocycles. The topological polar surface area (TPSA) is 21.3 Å². The van der Waals surface area contributed by atoms with Crippen molar-refractivity contribution in [1.29, 1.82) is 0 Å². The summed E-state index contributed by atoms with van der Waals surface area (Å²) in [5.74, 6) is 0. The minimum absolute atomic E-state index is 0.194. The Balaban J connectivity index is 2.18. The summed E-state index contributed by atoms with van der Waals surface area (Å²) in [6, 6.07) is 6.04. The van der Waals surface area contributed by atoms with Crippen LogP contribution in [0.1, 0.15) is 44.7 Å². The van der Waals surface area contributed by atoms with E-state index in [9.17, 15) is 0 Å². The van der Waals surface area contributed by atoms with Crippen LogP contribution in [-0.4, -0.2) is 18.8 Å². The summed E-state index contributed by atoms with van der Waals surface area (Å²) in [4.78, 5) is 0. The highest BCUT2D eigenvalue weighted by molar-refractivity contribution is 6.42. The van der Waals surface area contributed by atoms with Crippen LogP contribution in [0.3, 0.4) is 0 Å². The van der Waals surface area contributed by atoms with E-state index in [-0.39, 0.29) is 12.1 Å². The third kappa shape index (κ3) is 3.85. The lowest BCUT2D eigenvalue weighted by atomic mass is 9.99. The van der Waals surface area contributed by atoms with Gasteiger partial charge in [0.05, 0.1) is 28.3 Å². The number of nitrogens with one attached hydrogen (secondary N) is 1. The molecule has 0 aliphatic carbocycles. The Morgan fingerprint density at radius 2 is 2.11 bits per heavy atom. The molecule has 0 bridgehead atoms. The van der Waals surface area contributed by atoms with Crippen LogP contribution in [0.2, 0.25) is 10.0 Å². The highest BCUT2D eigenvalue weighted by atomic mass is 35.5. The molecule has 3 atom stereocenters. The smallest absolute Gasteiger partial charge is 0.0774 e. The van der Waals surface area contributed by atoms with Crippen molar-refractivity contribution in [3.8, 4) is 0 Å². The van der Waals surface area contributed by atoms with Gasteiger partial charge in [-0.1, -0.05) is 36.2 Å². The van der Waals surface area contributed by atoms with Crippen molar-refractivity contribution in [1.82, 2.24) is 5.32 Å². The van der Waals surface area contributed by atoms with Crippen molar-refractivity contribution in [3.63, 3.8) is 0 Å². The lowest BCUT2D eigenvalue weighted by molar-refractivity contribution is 0.0316. The number of rotatable bonds is 5. The quantitative estimate of drug-likeness (QED) is 0.858. The molecule has 0 aromatic heterocycles. The van der Waals surface area contributed by atoms with E-state index in [4.69, 9.17) is 27.9 Å². The maximum Gasteiger partial charge on any atom is 0.0774 e. The number of halogens is 2. The molecule has 0 spiro atoms. The van der Waals surface area contributed by atoms with Crippen LogP contribution < -0.4 is 5.32 Å². The molecular weight excluding hydrogens is 281 g/mol. The Kier molecular flexibility index (Phi) is 5.52. The van der Waals surface area contributed by atoms with E-state index in [2.05, 4.69) is 19.2 Å². The van der Waals surface area contributed by atoms with Gasteiger partial charge >= 0.3 is 0 Å². The largest absolute Gasteiger partial charge is 0.373 e. The third-order valence-electron chi connectivity index (χ3n) is 3.55. The molecule has 3 unspecified atom stereocenters. The second-order valence-electron chi connectivity index (χ2n) is 5.17. The predicted molar refractivity (Wildman–Crippen MR) is 81.1 cm³/mol. The number of ether oxygens (including phenoxy) is 1. The fourth-order valence-corrected chi connectivity index (χ4v) is 2.85. The van der Waals surface area contributed by atoms with Gasteiger partial charge in [-0.15, -0.1) is 0 Å². The first kappa shape index (κ1) is 15.1. The molecule has 2 rings (SSSR count). The van der Waals surface area contributed by atoms with Crippen LogP contribution in [0, 0.1) is 0 Å². The second kappa shape index (κ2) is 6.94. The highest BCUT2D eigenvalue weighted by Gasteiger charge is 2.30. The minimum Gasteiger partial charge on any atom is -0.373 e. The first-order chi connectivity index (χ1) is 9.11. The summed E-state index contributed by atoms with van der Waals surface area (Å²) in [6.45, 7) is 5.27. The summed E-state index contributed by atoms with van der Waals surface area (Å²) in [7, 11) is 0. The molecule has 1 aromatic carbocycles. The van der Waals surface area contributed by atoms with Gasteiger partial charge in [0, 0.05) is 0 Å². The van der Waals surface area contributed by atoms with Gasteiger partial charge in [0.25, 0.3) is 0 Å². The molecule has 2 nitrogen and oxygen atoms in total. The molecule has 4 heteroatoms. The van der Waals surface area contributed by atoms with Crippen molar-refractivity contribution in [2.75, 3.05) is 6.54 Å². The monoisotopic (exact) mass is 301 g/mol. The van der Waals surface area contributed by atoms with Gasteiger partial charge < -0.3 is 10.1 Å². The first-order valence-electron chi connectivity index (χ1n) is 6.95. The third-order valence-corrected chi connectivity index (χ3v) is 4.29. The normalized spacial score (nSPS) is 24.6. The summed E-state index contributed by atoms with van der Waals surface area (Å²) in [5.41, 5.74) is 1.15. The van der Waals surface area contributed by atoms with Gasteiger partial charge in [-0.2, -0.15) is 0 Å². The molecule has 1 aromatic rings. The minimum atomic E-state index is 0.194. The predicted octanol–water partition coefficient (Wildman–Crippen LogP) is 4.60. The number of hydrogen-bond donors (Lipinski definition) is 1. The van der Waals surface area contributed by atoms with Crippen molar-refractivity contribution >= 4 is 23.2 Å². The molecule has 1 aliphatic rings. The Labute approximate surface area is 125 Å². The molecule has 106 valence electrons. The Morgan fingerprint density at radius 3 is 2.68 bits per heavy atom. The zero-order valence-corrected chi connectivity index (χ0v) is 13.0. The van der Waals surface area contributed by atoms with E-state index >= 15 is 0 Å². The van der Waals surface area contributed by atoms with Gasteiger partial charge in [0.2, 0.25) is 0 Å². The van der Waals surface area contributed by atoms with E-state index < -0.39 is 0 Å². The van der Waals surface area contributed by atoms with Crippen LogP contribution in [0.25, 0.3) is 0 Å². The van der Waals surface area contributed by atoms with Gasteiger partial charge in [-0.05, 0) is 50.4 Å². The molecule has 1 aliphatic heterocycles. The summed E-state index contributed by atoms with van der Waals surface area (Å²) in [6.07, 6.45) is 3.87. The molecule has 1 heterocycles. The maximum absolute atomic E-state index is 6.13. The molecule has 0 amide bonds. The van der Waals surface area contributed by atoms with Crippen LogP contribution in [0.5, 0.6) is 0 Å². The lowest BCUT2D eigenvalue weighted by Gasteiger charge is -2.25. The van der Waals surface area contributed by atoms with E-state index in [1.165, 1.54) is 0 Å². The Bertz CT molecular complexity index is 425. The first-order valence-corrected chi connectivity index (χ1v) is 7.71. The van der Waals surface area contributed by atoms with E-state index in [1.807, 2.05) is 18.2 Å². The van der Waals surface area contributed by atoms with E-state index in [0.29, 0.717) is 16.1 Å². The molecular formula is C15H21Cl2NO. The zero-order chi connectivity index (χ0) is 13.8. The summed E-state index contributed by atoms with van der Waals surface area (Å²) >= 11 is 12.1. The molecule has 0 radical (unpaired) electrons. The number of benzene rings is 1. The van der Waals surface area contributed by atoms with Crippen molar-refractivity contribution in [2.45, 2.75) is 51.4 Å². The molecule has 1 saturated heterocycles. The maximum atomic E-state index is 6.13. The standard InChI is InChI=1S/C15H21Cl2NO/c1-3-8-18-15(14-7-4-10(2)19-14)11-5-6-12(16)13(17)9-11/h5-6,9-10,14-15,18H,3-4,7-8H2,1-2H3. The van der Waals surface area contributed by atoms with E-state index in [0.717, 1.165) is 31.4 Å². The van der Waals surface area contributed by atoms with Crippen molar-refractivity contribution in [2.24, 2.45) is 0 Å². The van der Waals surface area contributed by atoms with Crippen molar-refractivity contribution < 1.29 is 4.74 Å². The summed E-state index contributed by atoms with van der Waals surface area (Å²) in [5, 5.41) is 4.77. The average Bonchev–Trinajstić information content (AvgIpc) is 2.80. The van der Waals surface area contributed by atoms with Crippen molar-refractivity contribution in [3.05, 3.63) is 33.8 Å². The fourth-order valence-electron chi connectivity index (χ4n) is 2.55. The van der Waals surface area contributed by atoms with Gasteiger partial charge in [0.1, 0.15) is 0 Å². The van der Waals surface area contributed by atoms with E-state index in [1.54, 1.807) is 0 Å². The lowest BCUT2D eigenvalue weighted by Crippen LogP contribution is -2.32. The highest BCUT2D eigenvalue weighted by Crippen LogP contribution is 2.33. The van der Waals surface area contributed by atoms with Crippen LogP contribution >= 0.6 is 23.2 Å². The Morgan fingerprint density at radius 1 is 1.32 bits per heavy atom. The summed E-state index contributed by atoms with van der Waals surface area (Å²) < 4.78 is 6.01. The zero-order valence-electron chi connectivity index (χ0n) is 11.5. The fraction of sp³-hybridized carbons (Fsp3) is 0.600. The molecule has 1 fully saturated rings. The molecule has 1 N–H and O–H groups in total. The average molecular weight is 302 g/mol. The van der Waals surface area contributed by atoms with Gasteiger partial charge in [0.15, 0.2) is 0 Å².